The van der Waals surface area contributed by atoms with Gasteiger partial charge in [-0.15, -0.1) is 0 Å². The van der Waals surface area contributed by atoms with Gasteiger partial charge in [0, 0.05) is 5.25 Å². The van der Waals surface area contributed by atoms with Gasteiger partial charge in [0.1, 0.15) is 5.75 Å². The van der Waals surface area contributed by atoms with Gasteiger partial charge in [-0.3, -0.25) is 4.79 Å². The van der Waals surface area contributed by atoms with Gasteiger partial charge >= 0.3 is 5.97 Å². The summed E-state index contributed by atoms with van der Waals surface area (Å²) in [5, 5.41) is 22.1. The molecule has 2 N–H and O–H groups in total. The Morgan fingerprint density at radius 1 is 0.604 bits per heavy atom. The van der Waals surface area contributed by atoms with E-state index in [0.29, 0.717) is 5.75 Å². The van der Waals surface area contributed by atoms with Crippen LogP contribution < -0.4 is 0 Å². The molecule has 0 spiro atoms. The van der Waals surface area contributed by atoms with Crippen molar-refractivity contribution in [3.63, 3.8) is 0 Å². The molecule has 0 aliphatic carbocycles. The van der Waals surface area contributed by atoms with Crippen molar-refractivity contribution in [3.8, 4) is 5.75 Å². The number of aromatic hydroxyl groups is 1. The van der Waals surface area contributed by atoms with Crippen molar-refractivity contribution in [2.24, 2.45) is 0 Å². The summed E-state index contributed by atoms with van der Waals surface area (Å²) in [5.74, 6) is 2.20. The zero-order valence-electron chi connectivity index (χ0n) is 32.9. The summed E-state index contributed by atoms with van der Waals surface area (Å²) < 4.78 is 0. The molecule has 5 heteroatoms. The number of thioether (sulfide) groups is 2. The number of hydrogen-bond donors (Lipinski definition) is 2. The zero-order valence-corrected chi connectivity index (χ0v) is 34.5. The fraction of sp³-hybridized carbons (Fsp3) is 0.837. The monoisotopic (exact) mass is 707 g/mol. The van der Waals surface area contributed by atoms with E-state index >= 15 is 0 Å². The first-order chi connectivity index (χ1) is 22.8. The molecule has 1 rings (SSSR count). The molecule has 48 heavy (non-hydrogen) atoms. The number of carbonyl (C=O) groups is 1. The van der Waals surface area contributed by atoms with Crippen molar-refractivity contribution in [2.45, 2.75) is 212 Å². The van der Waals surface area contributed by atoms with Gasteiger partial charge in [0.25, 0.3) is 0 Å². The Hall–Kier alpha value is -0.810. The minimum absolute atomic E-state index is 0.0199. The molecule has 0 aliphatic rings. The quantitative estimate of drug-likeness (QED) is 0.0812. The lowest BCUT2D eigenvalue weighted by Gasteiger charge is -2.31. The van der Waals surface area contributed by atoms with E-state index in [1.54, 1.807) is 0 Å². The summed E-state index contributed by atoms with van der Waals surface area (Å²) in [5.41, 5.74) is 1.99. The van der Waals surface area contributed by atoms with Gasteiger partial charge in [0.2, 0.25) is 0 Å². The molecule has 1 aromatic rings. The van der Waals surface area contributed by atoms with E-state index in [9.17, 15) is 15.0 Å². The number of phenolic OH excluding ortho intramolecular Hbond substituents is 1. The summed E-state index contributed by atoms with van der Waals surface area (Å²) in [7, 11) is 0. The first-order valence-electron chi connectivity index (χ1n) is 20.1. The van der Waals surface area contributed by atoms with Gasteiger partial charge in [-0.1, -0.05) is 183 Å². The Morgan fingerprint density at radius 3 is 1.35 bits per heavy atom. The van der Waals surface area contributed by atoms with E-state index < -0.39 is 11.9 Å². The van der Waals surface area contributed by atoms with Crippen molar-refractivity contribution in [3.05, 3.63) is 28.8 Å². The topological polar surface area (TPSA) is 57.5 Å². The fourth-order valence-corrected chi connectivity index (χ4v) is 9.27. The molecule has 0 aromatic heterocycles. The van der Waals surface area contributed by atoms with Crippen LogP contribution in [0.4, 0.5) is 0 Å². The molecular weight excluding hydrogens is 629 g/mol. The van der Waals surface area contributed by atoms with Crippen LogP contribution in [0, 0.1) is 0 Å². The molecular formula is C43H78O3S2. The highest BCUT2D eigenvalue weighted by Gasteiger charge is 2.34. The smallest absolute Gasteiger partial charge is 0.312 e. The van der Waals surface area contributed by atoms with E-state index in [2.05, 4.69) is 55.4 Å². The van der Waals surface area contributed by atoms with Crippen LogP contribution in [0.5, 0.6) is 5.75 Å². The van der Waals surface area contributed by atoms with Gasteiger partial charge in [-0.05, 0) is 64.0 Å². The number of aliphatic carboxylic acids is 1. The zero-order chi connectivity index (χ0) is 35.8. The van der Waals surface area contributed by atoms with Crippen LogP contribution in [0.25, 0.3) is 0 Å². The molecule has 0 saturated heterocycles. The lowest BCUT2D eigenvalue weighted by atomic mass is 9.76. The number of rotatable bonds is 29. The number of benzene rings is 1. The van der Waals surface area contributed by atoms with Crippen molar-refractivity contribution < 1.29 is 15.0 Å². The number of unbranched alkanes of at least 4 members (excludes halogenated alkanes) is 18. The predicted molar refractivity (Wildman–Crippen MR) is 218 cm³/mol. The molecule has 0 aliphatic heterocycles. The highest BCUT2D eigenvalue weighted by atomic mass is 32.2. The van der Waals surface area contributed by atoms with Crippen LogP contribution in [0.2, 0.25) is 0 Å². The standard InChI is InChI=1S/C43H78O3S2/c1-9-11-13-15-17-19-21-23-25-27-30-47-32-29-38(48-31-28-26-24-22-20-18-16-14-12-10-2)39(41(45)46)35-33-36(42(3,4)5)40(44)37(34-35)43(6,7)8/h33-34,38-39,44H,9-32H2,1-8H3,(H,45,46). The molecule has 0 bridgehead atoms. The molecule has 1 aromatic carbocycles. The molecule has 0 heterocycles. The van der Waals surface area contributed by atoms with E-state index in [-0.39, 0.29) is 16.1 Å². The summed E-state index contributed by atoms with van der Waals surface area (Å²) in [6.45, 7) is 17.2. The third-order valence-corrected chi connectivity index (χ3v) is 12.3. The normalized spacial score (nSPS) is 13.6. The molecule has 0 amide bonds. The fourth-order valence-electron chi connectivity index (χ4n) is 6.66. The third-order valence-electron chi connectivity index (χ3n) is 9.76. The maximum atomic E-state index is 13.1. The van der Waals surface area contributed by atoms with Gasteiger partial charge < -0.3 is 10.2 Å². The Balaban J connectivity index is 2.85. The summed E-state index contributed by atoms with van der Waals surface area (Å²) in [6.07, 6.45) is 27.6. The highest BCUT2D eigenvalue weighted by Crippen LogP contribution is 2.43. The number of phenols is 1. The molecule has 0 radical (unpaired) electrons. The minimum Gasteiger partial charge on any atom is -0.507 e. The molecule has 0 saturated carbocycles. The molecule has 2 atom stereocenters. The van der Waals surface area contributed by atoms with Crippen LogP contribution in [0.15, 0.2) is 12.1 Å². The Labute approximate surface area is 307 Å². The van der Waals surface area contributed by atoms with Crippen LogP contribution >= 0.6 is 23.5 Å². The summed E-state index contributed by atoms with van der Waals surface area (Å²) in [6, 6.07) is 4.02. The maximum absolute atomic E-state index is 13.1. The largest absolute Gasteiger partial charge is 0.507 e. The van der Waals surface area contributed by atoms with Crippen LogP contribution in [0.3, 0.4) is 0 Å². The SMILES string of the molecule is CCCCCCCCCCCCSCCC(SCCCCCCCCCCCC)C(C(=O)O)c1cc(C(C)(C)C)c(O)c(C(C)(C)C)c1. The molecule has 280 valence electrons. The minimum atomic E-state index is -0.735. The summed E-state index contributed by atoms with van der Waals surface area (Å²) in [4.78, 5) is 13.1. The second-order valence-corrected chi connectivity index (χ2v) is 19.0. The van der Waals surface area contributed by atoms with E-state index in [1.165, 1.54) is 128 Å². The molecule has 3 nitrogen and oxygen atoms in total. The highest BCUT2D eigenvalue weighted by molar-refractivity contribution is 8.00. The second-order valence-electron chi connectivity index (χ2n) is 16.5. The van der Waals surface area contributed by atoms with Crippen molar-refractivity contribution >= 4 is 29.5 Å². The number of carboxylic acid groups (broad SMARTS) is 1. The van der Waals surface area contributed by atoms with Crippen molar-refractivity contribution in [1.82, 2.24) is 0 Å². The Bertz CT molecular complexity index is 927. The van der Waals surface area contributed by atoms with Gasteiger partial charge in [0.05, 0.1) is 5.92 Å². The molecule has 2 unspecified atom stereocenters. The lowest BCUT2D eigenvalue weighted by molar-refractivity contribution is -0.138. The Morgan fingerprint density at radius 2 is 0.979 bits per heavy atom. The van der Waals surface area contributed by atoms with Gasteiger partial charge in [0.15, 0.2) is 0 Å². The molecule has 0 fully saturated rings. The maximum Gasteiger partial charge on any atom is 0.312 e. The first-order valence-corrected chi connectivity index (χ1v) is 22.3. The second kappa shape index (κ2) is 26.0. The van der Waals surface area contributed by atoms with Crippen LogP contribution in [-0.4, -0.2) is 38.7 Å². The van der Waals surface area contributed by atoms with Gasteiger partial charge in [-0.2, -0.15) is 23.5 Å². The van der Waals surface area contributed by atoms with E-state index in [0.717, 1.165) is 41.0 Å². The van der Waals surface area contributed by atoms with Crippen molar-refractivity contribution in [2.75, 3.05) is 17.3 Å². The summed E-state index contributed by atoms with van der Waals surface area (Å²) >= 11 is 3.90. The van der Waals surface area contributed by atoms with Gasteiger partial charge in [-0.25, -0.2) is 0 Å². The number of hydrogen-bond acceptors (Lipinski definition) is 4. The van der Waals surface area contributed by atoms with E-state index in [4.69, 9.17) is 0 Å². The van der Waals surface area contributed by atoms with Crippen molar-refractivity contribution in [1.29, 1.82) is 0 Å². The third kappa shape index (κ3) is 19.5. The average Bonchev–Trinajstić information content (AvgIpc) is 3.01. The van der Waals surface area contributed by atoms with E-state index in [1.807, 2.05) is 35.7 Å². The number of carboxylic acids is 1. The first kappa shape index (κ1) is 45.2. The average molecular weight is 707 g/mol. The van der Waals surface area contributed by atoms with Crippen LogP contribution in [-0.2, 0) is 15.6 Å². The Kier molecular flexibility index (Phi) is 24.5. The lowest BCUT2D eigenvalue weighted by Crippen LogP contribution is -2.27. The predicted octanol–water partition coefficient (Wildman–Crippen LogP) is 14.2. The van der Waals surface area contributed by atoms with Crippen LogP contribution in [0.1, 0.15) is 213 Å².